The molecule has 96 valence electrons. The normalized spacial score (nSPS) is 12.9. The Morgan fingerprint density at radius 3 is 2.11 bits per heavy atom. The van der Waals surface area contributed by atoms with Gasteiger partial charge in [-0.3, -0.25) is 4.18 Å². The number of hydrogen-bond acceptors (Lipinski definition) is 5. The third-order valence-electron chi connectivity index (χ3n) is 1.84. The number of ether oxygens (including phenoxy) is 1. The van der Waals surface area contributed by atoms with Crippen LogP contribution in [0.4, 0.5) is 8.78 Å². The second kappa shape index (κ2) is 7.37. The van der Waals surface area contributed by atoms with Gasteiger partial charge in [-0.25, -0.2) is 8.42 Å². The Bertz CT molecular complexity index is 462. The SMILES string of the molecule is CC(OS(=O)(=O)[O-])c1ccc(OC(F)F)cc1.[Na+]. The van der Waals surface area contributed by atoms with Gasteiger partial charge >= 0.3 is 36.2 Å². The van der Waals surface area contributed by atoms with E-state index in [1.807, 2.05) is 0 Å². The Balaban J connectivity index is 0.00000289. The number of rotatable bonds is 5. The zero-order chi connectivity index (χ0) is 13.1. The van der Waals surface area contributed by atoms with E-state index in [9.17, 15) is 21.8 Å². The monoisotopic (exact) mass is 290 g/mol. The molecular weight excluding hydrogens is 281 g/mol. The fourth-order valence-electron chi connectivity index (χ4n) is 1.15. The molecule has 0 radical (unpaired) electrons. The van der Waals surface area contributed by atoms with E-state index in [4.69, 9.17) is 0 Å². The molecule has 0 fully saturated rings. The average Bonchev–Trinajstić information content (AvgIpc) is 2.15. The molecule has 5 nitrogen and oxygen atoms in total. The van der Waals surface area contributed by atoms with E-state index in [2.05, 4.69) is 8.92 Å². The summed E-state index contributed by atoms with van der Waals surface area (Å²) < 4.78 is 62.9. The molecule has 0 heterocycles. The van der Waals surface area contributed by atoms with Crippen molar-refractivity contribution in [2.75, 3.05) is 0 Å². The standard InChI is InChI=1S/C9H10F2O5S.Na/c1-6(16-17(12,13)14)7-2-4-8(5-3-7)15-9(10)11;/h2-6,9H,1H3,(H,12,13,14);/q;+1/p-1. The van der Waals surface area contributed by atoms with E-state index >= 15 is 0 Å². The van der Waals surface area contributed by atoms with Gasteiger partial charge < -0.3 is 9.29 Å². The second-order valence-electron chi connectivity index (χ2n) is 3.09. The zero-order valence-electron chi connectivity index (χ0n) is 9.67. The fourth-order valence-corrected chi connectivity index (χ4v) is 1.62. The topological polar surface area (TPSA) is 75.7 Å². The van der Waals surface area contributed by atoms with Crippen LogP contribution in [0.15, 0.2) is 24.3 Å². The third kappa shape index (κ3) is 6.62. The minimum atomic E-state index is -4.80. The Kier molecular flexibility index (Phi) is 7.26. The first-order valence-electron chi connectivity index (χ1n) is 4.47. The summed E-state index contributed by atoms with van der Waals surface area (Å²) in [7, 11) is -4.80. The predicted octanol–water partition coefficient (Wildman–Crippen LogP) is -1.17. The zero-order valence-corrected chi connectivity index (χ0v) is 12.5. The summed E-state index contributed by atoms with van der Waals surface area (Å²) in [6.45, 7) is -1.59. The van der Waals surface area contributed by atoms with Crippen LogP contribution in [0.1, 0.15) is 18.6 Å². The quantitative estimate of drug-likeness (QED) is 0.388. The molecule has 0 saturated heterocycles. The van der Waals surface area contributed by atoms with E-state index in [-0.39, 0.29) is 35.3 Å². The molecule has 1 rings (SSSR count). The molecule has 9 heteroatoms. The van der Waals surface area contributed by atoms with Gasteiger partial charge in [-0.05, 0) is 24.6 Å². The molecule has 0 N–H and O–H groups in total. The minimum Gasteiger partial charge on any atom is -0.726 e. The van der Waals surface area contributed by atoms with Gasteiger partial charge in [-0.15, -0.1) is 0 Å². The van der Waals surface area contributed by atoms with Crippen LogP contribution in [-0.2, 0) is 14.6 Å². The van der Waals surface area contributed by atoms with Gasteiger partial charge in [0.05, 0.1) is 6.10 Å². The van der Waals surface area contributed by atoms with Crippen molar-refractivity contribution < 1.29 is 60.2 Å². The van der Waals surface area contributed by atoms with Crippen LogP contribution >= 0.6 is 0 Å². The Morgan fingerprint density at radius 2 is 1.72 bits per heavy atom. The summed E-state index contributed by atoms with van der Waals surface area (Å²) in [5, 5.41) is 0. The van der Waals surface area contributed by atoms with Crippen molar-refractivity contribution >= 4 is 10.4 Å². The van der Waals surface area contributed by atoms with Crippen molar-refractivity contribution in [2.45, 2.75) is 19.6 Å². The molecule has 0 bridgehead atoms. The molecule has 0 saturated carbocycles. The minimum absolute atomic E-state index is 0. The summed E-state index contributed by atoms with van der Waals surface area (Å²) >= 11 is 0. The van der Waals surface area contributed by atoms with E-state index in [0.717, 1.165) is 0 Å². The van der Waals surface area contributed by atoms with Crippen LogP contribution in [0.25, 0.3) is 0 Å². The van der Waals surface area contributed by atoms with E-state index in [1.54, 1.807) is 0 Å². The Hall–Kier alpha value is -0.250. The molecule has 1 aromatic carbocycles. The van der Waals surface area contributed by atoms with E-state index in [0.29, 0.717) is 5.56 Å². The van der Waals surface area contributed by atoms with Crippen LogP contribution in [0, 0.1) is 0 Å². The van der Waals surface area contributed by atoms with Crippen molar-refractivity contribution in [1.29, 1.82) is 0 Å². The summed E-state index contributed by atoms with van der Waals surface area (Å²) in [6.07, 6.45) is -0.988. The summed E-state index contributed by atoms with van der Waals surface area (Å²) in [6, 6.07) is 5.10. The predicted molar refractivity (Wildman–Crippen MR) is 52.3 cm³/mol. The molecule has 18 heavy (non-hydrogen) atoms. The maximum atomic E-state index is 11.8. The fraction of sp³-hybridized carbons (Fsp3) is 0.333. The van der Waals surface area contributed by atoms with Crippen molar-refractivity contribution in [3.05, 3.63) is 29.8 Å². The summed E-state index contributed by atoms with van der Waals surface area (Å²) in [4.78, 5) is 0. The van der Waals surface area contributed by atoms with Crippen LogP contribution < -0.4 is 34.3 Å². The van der Waals surface area contributed by atoms with Crippen molar-refractivity contribution in [1.82, 2.24) is 0 Å². The first-order valence-corrected chi connectivity index (χ1v) is 5.80. The molecule has 1 unspecified atom stereocenters. The average molecular weight is 290 g/mol. The van der Waals surface area contributed by atoms with Gasteiger partial charge in [0.15, 0.2) is 0 Å². The molecule has 0 aliphatic heterocycles. The van der Waals surface area contributed by atoms with Gasteiger partial charge in [-0.2, -0.15) is 8.78 Å². The number of alkyl halides is 2. The van der Waals surface area contributed by atoms with Gasteiger partial charge in [-0.1, -0.05) is 12.1 Å². The number of benzene rings is 1. The maximum Gasteiger partial charge on any atom is 1.00 e. The smallest absolute Gasteiger partial charge is 0.726 e. The molecular formula is C9H9F2NaO5S. The van der Waals surface area contributed by atoms with E-state index in [1.165, 1.54) is 31.2 Å². The first kappa shape index (κ1) is 17.8. The van der Waals surface area contributed by atoms with Crippen molar-refractivity contribution in [3.63, 3.8) is 0 Å². The third-order valence-corrected chi connectivity index (χ3v) is 2.36. The summed E-state index contributed by atoms with van der Waals surface area (Å²) in [5.74, 6) is -0.0686. The van der Waals surface area contributed by atoms with Gasteiger partial charge in [0.2, 0.25) is 10.4 Å². The van der Waals surface area contributed by atoms with Crippen LogP contribution in [0.5, 0.6) is 5.75 Å². The molecule has 0 amide bonds. The van der Waals surface area contributed by atoms with Crippen molar-refractivity contribution in [2.24, 2.45) is 0 Å². The van der Waals surface area contributed by atoms with E-state index < -0.39 is 23.1 Å². The number of halogens is 2. The van der Waals surface area contributed by atoms with Gasteiger partial charge in [0.25, 0.3) is 0 Å². The largest absolute Gasteiger partial charge is 1.00 e. The molecule has 1 atom stereocenters. The molecule has 0 aromatic heterocycles. The van der Waals surface area contributed by atoms with Crippen LogP contribution in [0.2, 0.25) is 0 Å². The van der Waals surface area contributed by atoms with Crippen LogP contribution in [0.3, 0.4) is 0 Å². The second-order valence-corrected chi connectivity index (χ2v) is 4.10. The number of hydrogen-bond donors (Lipinski definition) is 0. The molecule has 0 spiro atoms. The Labute approximate surface area is 125 Å². The summed E-state index contributed by atoms with van der Waals surface area (Å²) in [5.41, 5.74) is 0.353. The molecule has 1 aromatic rings. The first-order chi connectivity index (χ1) is 7.78. The molecule has 0 aliphatic carbocycles. The van der Waals surface area contributed by atoms with Crippen LogP contribution in [-0.4, -0.2) is 19.6 Å². The van der Waals surface area contributed by atoms with Gasteiger partial charge in [0, 0.05) is 0 Å². The maximum absolute atomic E-state index is 11.8. The Morgan fingerprint density at radius 1 is 1.22 bits per heavy atom. The van der Waals surface area contributed by atoms with Gasteiger partial charge in [0.1, 0.15) is 5.75 Å². The molecule has 0 aliphatic rings. The van der Waals surface area contributed by atoms with Crippen molar-refractivity contribution in [3.8, 4) is 5.75 Å².